The second kappa shape index (κ2) is 7.93. The van der Waals surface area contributed by atoms with Crippen molar-refractivity contribution in [3.63, 3.8) is 0 Å². The molecule has 0 bridgehead atoms. The summed E-state index contributed by atoms with van der Waals surface area (Å²) in [6.07, 6.45) is 8.86. The van der Waals surface area contributed by atoms with E-state index in [1.165, 1.54) is 36.8 Å². The number of nitrogens with one attached hydrogen (secondary N) is 1. The topological polar surface area (TPSA) is 50.3 Å². The Morgan fingerprint density at radius 1 is 1.08 bits per heavy atom. The normalized spacial score (nSPS) is 20.8. The van der Waals surface area contributed by atoms with Crippen molar-refractivity contribution < 1.29 is 4.74 Å². The van der Waals surface area contributed by atoms with Crippen molar-refractivity contribution in [1.29, 1.82) is 0 Å². The number of anilines is 1. The molecule has 1 aliphatic heterocycles. The number of nitrogens with zero attached hydrogens (tertiary/aromatic N) is 3. The van der Waals surface area contributed by atoms with E-state index in [4.69, 9.17) is 4.74 Å². The van der Waals surface area contributed by atoms with E-state index < -0.39 is 0 Å². The zero-order valence-electron chi connectivity index (χ0n) is 14.7. The summed E-state index contributed by atoms with van der Waals surface area (Å²) in [5, 5.41) is 3.72. The van der Waals surface area contributed by atoms with Crippen LogP contribution >= 0.6 is 0 Å². The van der Waals surface area contributed by atoms with Gasteiger partial charge in [0.15, 0.2) is 0 Å². The summed E-state index contributed by atoms with van der Waals surface area (Å²) in [7, 11) is 0. The molecule has 2 heterocycles. The molecule has 1 aliphatic carbocycles. The van der Waals surface area contributed by atoms with E-state index in [9.17, 15) is 0 Å². The van der Waals surface area contributed by atoms with Crippen LogP contribution in [0, 0.1) is 0 Å². The molecule has 25 heavy (non-hydrogen) atoms. The van der Waals surface area contributed by atoms with Gasteiger partial charge in [-0.05, 0) is 30.4 Å². The predicted molar refractivity (Wildman–Crippen MR) is 98.6 cm³/mol. The van der Waals surface area contributed by atoms with Crippen LogP contribution in [0.2, 0.25) is 0 Å². The van der Waals surface area contributed by atoms with Crippen LogP contribution in [-0.2, 0) is 17.7 Å². The van der Waals surface area contributed by atoms with E-state index in [1.807, 2.05) is 12.4 Å². The molecule has 1 aromatic carbocycles. The molecular formula is C20H26N4O. The molecular weight excluding hydrogens is 312 g/mol. The molecule has 0 radical (unpaired) electrons. The minimum Gasteiger partial charge on any atom is -0.378 e. The minimum absolute atomic E-state index is 0.428. The van der Waals surface area contributed by atoms with Crippen molar-refractivity contribution in [2.75, 3.05) is 31.2 Å². The number of benzene rings is 1. The summed E-state index contributed by atoms with van der Waals surface area (Å²) in [4.78, 5) is 11.3. The monoisotopic (exact) mass is 338 g/mol. The number of fused-ring (bicyclic) bond motifs is 1. The maximum atomic E-state index is 5.38. The molecule has 5 nitrogen and oxygen atoms in total. The number of hydrogen-bond donors (Lipinski definition) is 1. The molecule has 5 heteroatoms. The van der Waals surface area contributed by atoms with Gasteiger partial charge in [0.05, 0.1) is 13.2 Å². The molecule has 132 valence electrons. The smallest absolute Gasteiger partial charge is 0.225 e. The van der Waals surface area contributed by atoms with Gasteiger partial charge < -0.3 is 15.0 Å². The van der Waals surface area contributed by atoms with Gasteiger partial charge in [0.1, 0.15) is 0 Å². The van der Waals surface area contributed by atoms with Crippen LogP contribution < -0.4 is 10.2 Å². The van der Waals surface area contributed by atoms with Crippen LogP contribution in [0.25, 0.3) is 0 Å². The highest BCUT2D eigenvalue weighted by Crippen LogP contribution is 2.28. The second-order valence-corrected chi connectivity index (χ2v) is 6.87. The van der Waals surface area contributed by atoms with Gasteiger partial charge in [-0.1, -0.05) is 30.7 Å². The summed E-state index contributed by atoms with van der Waals surface area (Å²) in [5.41, 5.74) is 4.10. The third-order valence-electron chi connectivity index (χ3n) is 5.16. The third kappa shape index (κ3) is 3.99. The fourth-order valence-corrected chi connectivity index (χ4v) is 3.74. The maximum Gasteiger partial charge on any atom is 0.225 e. The van der Waals surface area contributed by atoms with Gasteiger partial charge in [-0.2, -0.15) is 0 Å². The molecule has 2 aromatic rings. The molecule has 1 atom stereocenters. The Kier molecular flexibility index (Phi) is 5.23. The van der Waals surface area contributed by atoms with E-state index in [0.717, 1.165) is 44.4 Å². The first-order valence-electron chi connectivity index (χ1n) is 9.35. The Labute approximate surface area is 149 Å². The van der Waals surface area contributed by atoms with Gasteiger partial charge in [0.2, 0.25) is 5.95 Å². The van der Waals surface area contributed by atoms with Gasteiger partial charge in [-0.15, -0.1) is 0 Å². The highest BCUT2D eigenvalue weighted by atomic mass is 16.5. The first kappa shape index (κ1) is 16.5. The van der Waals surface area contributed by atoms with Crippen LogP contribution in [0.4, 0.5) is 5.95 Å². The molecule has 0 saturated carbocycles. The summed E-state index contributed by atoms with van der Waals surface area (Å²) < 4.78 is 5.38. The number of aryl methyl sites for hydroxylation is 1. The van der Waals surface area contributed by atoms with E-state index >= 15 is 0 Å². The standard InChI is InChI=1S/C20H26N4O/c1-3-7-18-17(5-1)6-2-4-8-19(18)21-13-16-14-22-20(23-15-16)24-9-11-25-12-10-24/h1,3,5,7,14-15,19,21H,2,4,6,8-13H2/t19-/m1/s1. The highest BCUT2D eigenvalue weighted by molar-refractivity contribution is 5.32. The molecule has 1 aromatic heterocycles. The van der Waals surface area contributed by atoms with Gasteiger partial charge in [-0.25, -0.2) is 9.97 Å². The largest absolute Gasteiger partial charge is 0.378 e. The van der Waals surface area contributed by atoms with Crippen LogP contribution in [0.5, 0.6) is 0 Å². The molecule has 0 amide bonds. The lowest BCUT2D eigenvalue weighted by molar-refractivity contribution is 0.122. The first-order chi connectivity index (χ1) is 12.4. The predicted octanol–water partition coefficient (Wildman–Crippen LogP) is 2.87. The Morgan fingerprint density at radius 2 is 1.88 bits per heavy atom. The van der Waals surface area contributed by atoms with Gasteiger partial charge in [0.25, 0.3) is 0 Å². The van der Waals surface area contributed by atoms with Crippen LogP contribution in [0.15, 0.2) is 36.7 Å². The molecule has 1 saturated heterocycles. The SMILES string of the molecule is c1ccc2c(c1)CCCC[C@H]2NCc1cnc(N2CCOCC2)nc1. The van der Waals surface area contributed by atoms with Gasteiger partial charge in [0, 0.05) is 43.6 Å². The fraction of sp³-hybridized carbons (Fsp3) is 0.500. The summed E-state index contributed by atoms with van der Waals surface area (Å²) in [5.74, 6) is 0.812. The number of morpholine rings is 1. The zero-order valence-corrected chi connectivity index (χ0v) is 14.7. The van der Waals surface area contributed by atoms with Crippen molar-refractivity contribution >= 4 is 5.95 Å². The molecule has 1 N–H and O–H groups in total. The highest BCUT2D eigenvalue weighted by Gasteiger charge is 2.18. The summed E-state index contributed by atoms with van der Waals surface area (Å²) in [6, 6.07) is 9.28. The van der Waals surface area contributed by atoms with E-state index in [0.29, 0.717) is 6.04 Å². The molecule has 0 spiro atoms. The lowest BCUT2D eigenvalue weighted by Crippen LogP contribution is -2.37. The Balaban J connectivity index is 1.39. The van der Waals surface area contributed by atoms with E-state index in [-0.39, 0.29) is 0 Å². The lowest BCUT2D eigenvalue weighted by atomic mass is 9.99. The Hall–Kier alpha value is -1.98. The second-order valence-electron chi connectivity index (χ2n) is 6.87. The number of aromatic nitrogens is 2. The fourth-order valence-electron chi connectivity index (χ4n) is 3.74. The first-order valence-corrected chi connectivity index (χ1v) is 9.35. The van der Waals surface area contributed by atoms with Crippen LogP contribution in [0.3, 0.4) is 0 Å². The van der Waals surface area contributed by atoms with Crippen molar-refractivity contribution in [3.8, 4) is 0 Å². The summed E-state index contributed by atoms with van der Waals surface area (Å²) in [6.45, 7) is 4.07. The van der Waals surface area contributed by atoms with Gasteiger partial charge >= 0.3 is 0 Å². The average Bonchev–Trinajstić information content (AvgIpc) is 2.90. The minimum atomic E-state index is 0.428. The molecule has 1 fully saturated rings. The van der Waals surface area contributed by atoms with Crippen molar-refractivity contribution in [1.82, 2.24) is 15.3 Å². The number of ether oxygens (including phenoxy) is 1. The molecule has 2 aliphatic rings. The van der Waals surface area contributed by atoms with Crippen molar-refractivity contribution in [2.24, 2.45) is 0 Å². The maximum absolute atomic E-state index is 5.38. The van der Waals surface area contributed by atoms with Gasteiger partial charge in [-0.3, -0.25) is 0 Å². The molecule has 0 unspecified atom stereocenters. The zero-order chi connectivity index (χ0) is 16.9. The molecule has 4 rings (SSSR count). The van der Waals surface area contributed by atoms with Crippen molar-refractivity contribution in [3.05, 3.63) is 53.3 Å². The average molecular weight is 338 g/mol. The van der Waals surface area contributed by atoms with Crippen LogP contribution in [0.1, 0.15) is 42.0 Å². The lowest BCUT2D eigenvalue weighted by Gasteiger charge is -2.26. The van der Waals surface area contributed by atoms with E-state index in [2.05, 4.69) is 44.5 Å². The number of hydrogen-bond acceptors (Lipinski definition) is 5. The van der Waals surface area contributed by atoms with E-state index in [1.54, 1.807) is 0 Å². The Morgan fingerprint density at radius 3 is 2.72 bits per heavy atom. The Bertz CT molecular complexity index is 682. The van der Waals surface area contributed by atoms with Crippen LogP contribution in [-0.4, -0.2) is 36.3 Å². The number of rotatable bonds is 4. The summed E-state index contributed by atoms with van der Waals surface area (Å²) >= 11 is 0. The van der Waals surface area contributed by atoms with Crippen molar-refractivity contribution in [2.45, 2.75) is 38.3 Å². The quantitative estimate of drug-likeness (QED) is 0.869. The third-order valence-corrected chi connectivity index (χ3v) is 5.16.